The normalized spacial score (nSPS) is 21.8. The van der Waals surface area contributed by atoms with Gasteiger partial charge >= 0.3 is 12.1 Å². The fourth-order valence-corrected chi connectivity index (χ4v) is 7.11. The molecule has 1 aliphatic carbocycles. The van der Waals surface area contributed by atoms with Crippen molar-refractivity contribution in [3.8, 4) is 5.75 Å². The Kier molecular flexibility index (Phi) is 10.6. The number of aromatic carboxylic acids is 1. The van der Waals surface area contributed by atoms with Crippen LogP contribution in [-0.4, -0.2) is 76.9 Å². The number of carboxylic acids is 1. The van der Waals surface area contributed by atoms with Gasteiger partial charge in [0.15, 0.2) is 0 Å². The highest BCUT2D eigenvalue weighted by molar-refractivity contribution is 6.01. The maximum atomic E-state index is 14.1. The van der Waals surface area contributed by atoms with Crippen LogP contribution in [0.25, 0.3) is 10.9 Å². The van der Waals surface area contributed by atoms with Crippen molar-refractivity contribution in [1.82, 2.24) is 15.2 Å². The number of aromatic amines is 1. The maximum absolute atomic E-state index is 14.1. The van der Waals surface area contributed by atoms with Crippen molar-refractivity contribution in [3.05, 3.63) is 59.8 Å². The molecule has 1 aliphatic heterocycles. The first-order valence-electron chi connectivity index (χ1n) is 16.5. The van der Waals surface area contributed by atoms with Crippen LogP contribution < -0.4 is 15.4 Å². The number of ether oxygens (including phenoxy) is 2. The molecule has 1 aromatic heterocycles. The molecule has 2 heterocycles. The van der Waals surface area contributed by atoms with Crippen molar-refractivity contribution in [1.29, 1.82) is 0 Å². The standard InChI is InChI=1S/C36H45FN4O7/c1-36(2,3)48-35(46)40-29(15-17-37)22-5-7-23(8-6-22)33(43)41-18-16-27(21-9-12-26(47-4)13-10-21)31(41)32(42)38-25-11-14-28-24(19-25)20-30(39-28)34(44)45/h9-14,19-20,22-23,27,29,31,39H,5-8,15-18H2,1-4H3,(H,38,42)(H,40,46)(H,44,45)/t22?,23?,27-,29-,31+/m1/s1. The van der Waals surface area contributed by atoms with Crippen molar-refractivity contribution < 1.29 is 38.1 Å². The Morgan fingerprint density at radius 3 is 2.35 bits per heavy atom. The average molecular weight is 665 g/mol. The predicted molar refractivity (Wildman–Crippen MR) is 179 cm³/mol. The van der Waals surface area contributed by atoms with Gasteiger partial charge in [-0.15, -0.1) is 0 Å². The van der Waals surface area contributed by atoms with Crippen LogP contribution in [0.3, 0.4) is 0 Å². The lowest BCUT2D eigenvalue weighted by molar-refractivity contribution is -0.141. The number of likely N-dealkylation sites (tertiary alicyclic amines) is 1. The zero-order valence-electron chi connectivity index (χ0n) is 27.9. The molecule has 0 bridgehead atoms. The quantitative estimate of drug-likeness (QED) is 0.200. The Morgan fingerprint density at radius 1 is 1.02 bits per heavy atom. The van der Waals surface area contributed by atoms with E-state index in [1.807, 2.05) is 24.3 Å². The van der Waals surface area contributed by atoms with Gasteiger partial charge in [-0.1, -0.05) is 12.1 Å². The molecule has 3 atom stereocenters. The zero-order valence-corrected chi connectivity index (χ0v) is 27.9. The van der Waals surface area contributed by atoms with E-state index in [4.69, 9.17) is 9.47 Å². The van der Waals surface area contributed by atoms with Crippen LogP contribution in [0.1, 0.15) is 81.3 Å². The number of nitrogens with zero attached hydrogens (tertiary/aromatic N) is 1. The van der Waals surface area contributed by atoms with E-state index in [2.05, 4.69) is 15.6 Å². The number of anilines is 1. The van der Waals surface area contributed by atoms with E-state index in [-0.39, 0.29) is 41.7 Å². The highest BCUT2D eigenvalue weighted by Gasteiger charge is 2.45. The molecule has 5 rings (SSSR count). The van der Waals surface area contributed by atoms with Crippen LogP contribution in [0.5, 0.6) is 5.75 Å². The van der Waals surface area contributed by atoms with E-state index < -0.39 is 36.4 Å². The first kappa shape index (κ1) is 34.7. The fourth-order valence-electron chi connectivity index (χ4n) is 7.11. The molecule has 2 aromatic carbocycles. The largest absolute Gasteiger partial charge is 0.497 e. The summed E-state index contributed by atoms with van der Waals surface area (Å²) in [5.74, 6) is -1.35. The molecule has 1 saturated heterocycles. The fraction of sp³-hybridized carbons (Fsp3) is 0.500. The number of alkyl carbamates (subject to hydrolysis) is 1. The van der Waals surface area contributed by atoms with Crippen molar-refractivity contribution in [2.45, 2.75) is 82.9 Å². The van der Waals surface area contributed by atoms with E-state index in [1.165, 1.54) is 6.07 Å². The van der Waals surface area contributed by atoms with Gasteiger partial charge in [-0.05, 0) is 107 Å². The number of fused-ring (bicyclic) bond motifs is 1. The number of halogens is 1. The molecule has 2 aliphatic rings. The second kappa shape index (κ2) is 14.7. The van der Waals surface area contributed by atoms with E-state index in [1.54, 1.807) is 51.0 Å². The summed E-state index contributed by atoms with van der Waals surface area (Å²) in [4.78, 5) is 56.6. The van der Waals surface area contributed by atoms with Crippen molar-refractivity contribution in [2.24, 2.45) is 11.8 Å². The number of amides is 3. The van der Waals surface area contributed by atoms with E-state index in [0.29, 0.717) is 61.0 Å². The second-order valence-electron chi connectivity index (χ2n) is 13.8. The molecule has 3 amide bonds. The van der Waals surface area contributed by atoms with Gasteiger partial charge in [-0.3, -0.25) is 14.0 Å². The van der Waals surface area contributed by atoms with Gasteiger partial charge in [0.05, 0.1) is 13.8 Å². The lowest BCUT2D eigenvalue weighted by Gasteiger charge is -2.36. The van der Waals surface area contributed by atoms with Crippen LogP contribution >= 0.6 is 0 Å². The zero-order chi connectivity index (χ0) is 34.6. The highest BCUT2D eigenvalue weighted by atomic mass is 19.1. The summed E-state index contributed by atoms with van der Waals surface area (Å²) in [6.45, 7) is 5.16. The molecule has 2 fully saturated rings. The lowest BCUT2D eigenvalue weighted by Crippen LogP contribution is -2.49. The molecule has 4 N–H and O–H groups in total. The van der Waals surface area contributed by atoms with Gasteiger partial charge in [0.25, 0.3) is 0 Å². The molecular weight excluding hydrogens is 619 g/mol. The number of hydrogen-bond donors (Lipinski definition) is 4. The molecule has 0 spiro atoms. The summed E-state index contributed by atoms with van der Waals surface area (Å²) < 4.78 is 24.2. The summed E-state index contributed by atoms with van der Waals surface area (Å²) in [6.07, 6.45) is 2.60. The van der Waals surface area contributed by atoms with Crippen LogP contribution in [0.2, 0.25) is 0 Å². The number of carbonyl (C=O) groups is 4. The SMILES string of the molecule is COc1ccc([C@H]2CCN(C(=O)C3CCC([C@@H](CCF)NC(=O)OC(C)(C)C)CC3)[C@@H]2C(=O)Nc2ccc3[nH]c(C(=O)O)cc3c2)cc1. The third kappa shape index (κ3) is 8.08. The average Bonchev–Trinajstić information content (AvgIpc) is 3.69. The number of benzene rings is 2. The van der Waals surface area contributed by atoms with Crippen LogP contribution in [0, 0.1) is 11.8 Å². The minimum absolute atomic E-state index is 0.00651. The third-order valence-corrected chi connectivity index (χ3v) is 9.42. The summed E-state index contributed by atoms with van der Waals surface area (Å²) in [5.41, 5.74) is 1.42. The molecule has 48 heavy (non-hydrogen) atoms. The van der Waals surface area contributed by atoms with Gasteiger partial charge in [0.1, 0.15) is 23.1 Å². The molecule has 1 saturated carbocycles. The molecule has 12 heteroatoms. The Bertz CT molecular complexity index is 1630. The number of nitrogens with one attached hydrogen (secondary N) is 3. The predicted octanol–water partition coefficient (Wildman–Crippen LogP) is 6.26. The summed E-state index contributed by atoms with van der Waals surface area (Å²) >= 11 is 0. The first-order valence-corrected chi connectivity index (χ1v) is 16.5. The Morgan fingerprint density at radius 2 is 1.73 bits per heavy atom. The van der Waals surface area contributed by atoms with Gasteiger partial charge in [0.2, 0.25) is 11.8 Å². The number of hydrogen-bond acceptors (Lipinski definition) is 6. The number of methoxy groups -OCH3 is 1. The van der Waals surface area contributed by atoms with Crippen molar-refractivity contribution in [3.63, 3.8) is 0 Å². The van der Waals surface area contributed by atoms with Gasteiger partial charge in [-0.2, -0.15) is 0 Å². The van der Waals surface area contributed by atoms with E-state index >= 15 is 0 Å². The van der Waals surface area contributed by atoms with Gasteiger partial charge in [0, 0.05) is 41.0 Å². The van der Waals surface area contributed by atoms with Crippen LogP contribution in [0.4, 0.5) is 14.9 Å². The smallest absolute Gasteiger partial charge is 0.407 e. The molecular formula is C36H45FN4O7. The van der Waals surface area contributed by atoms with Crippen LogP contribution in [-0.2, 0) is 14.3 Å². The van der Waals surface area contributed by atoms with Crippen molar-refractivity contribution >= 4 is 40.5 Å². The summed E-state index contributed by atoms with van der Waals surface area (Å²) in [7, 11) is 1.59. The minimum atomic E-state index is -1.08. The molecule has 11 nitrogen and oxygen atoms in total. The number of carboxylic acid groups (broad SMARTS) is 1. The lowest BCUT2D eigenvalue weighted by atomic mass is 9.77. The van der Waals surface area contributed by atoms with Gasteiger partial charge < -0.3 is 35.1 Å². The highest BCUT2D eigenvalue weighted by Crippen LogP contribution is 2.39. The number of H-pyrrole nitrogens is 1. The third-order valence-electron chi connectivity index (χ3n) is 9.42. The number of rotatable bonds is 10. The first-order chi connectivity index (χ1) is 22.9. The minimum Gasteiger partial charge on any atom is -0.497 e. The maximum Gasteiger partial charge on any atom is 0.407 e. The van der Waals surface area contributed by atoms with E-state index in [0.717, 1.165) is 5.56 Å². The summed E-state index contributed by atoms with van der Waals surface area (Å²) in [5, 5.41) is 15.8. The summed E-state index contributed by atoms with van der Waals surface area (Å²) in [6, 6.07) is 13.0. The molecule has 258 valence electrons. The topological polar surface area (TPSA) is 150 Å². The monoisotopic (exact) mass is 664 g/mol. The second-order valence-corrected chi connectivity index (χ2v) is 13.8. The van der Waals surface area contributed by atoms with Crippen LogP contribution in [0.15, 0.2) is 48.5 Å². The Hall–Kier alpha value is -4.61. The van der Waals surface area contributed by atoms with Gasteiger partial charge in [-0.25, -0.2) is 9.59 Å². The molecule has 0 radical (unpaired) electrons. The Labute approximate surface area is 279 Å². The Balaban J connectivity index is 1.32. The van der Waals surface area contributed by atoms with E-state index in [9.17, 15) is 28.7 Å². The molecule has 0 unspecified atom stereocenters. The molecule has 3 aromatic rings. The van der Waals surface area contributed by atoms with Crippen molar-refractivity contribution in [2.75, 3.05) is 25.6 Å². The number of carbonyl (C=O) groups excluding carboxylic acids is 3. The number of aromatic nitrogens is 1. The number of alkyl halides is 1.